The van der Waals surface area contributed by atoms with Crippen LogP contribution in [0.2, 0.25) is 0 Å². The number of hydrogen-bond acceptors (Lipinski definition) is 3. The Bertz CT molecular complexity index is 1160. The molecule has 0 unspecified atom stereocenters. The normalized spacial score (nSPS) is 17.3. The van der Waals surface area contributed by atoms with Crippen LogP contribution in [0, 0.1) is 19.8 Å². The molecular weight excluding hydrogens is 428 g/mol. The van der Waals surface area contributed by atoms with Crippen LogP contribution in [0.3, 0.4) is 0 Å². The van der Waals surface area contributed by atoms with Crippen molar-refractivity contribution in [2.45, 2.75) is 50.4 Å². The maximum atomic E-state index is 13.7. The minimum atomic E-state index is -0.479. The second-order valence-corrected chi connectivity index (χ2v) is 9.97. The summed E-state index contributed by atoms with van der Waals surface area (Å²) in [7, 11) is 0. The molecule has 5 heteroatoms. The Hall–Kier alpha value is -3.05. The molecule has 0 fully saturated rings. The topological polar surface area (TPSA) is 49.4 Å². The highest BCUT2D eigenvalue weighted by Gasteiger charge is 2.39. The minimum absolute atomic E-state index is 0.0189. The van der Waals surface area contributed by atoms with Crippen molar-refractivity contribution in [2.75, 3.05) is 4.90 Å². The molecule has 4 rings (SSSR count). The van der Waals surface area contributed by atoms with Gasteiger partial charge >= 0.3 is 0 Å². The van der Waals surface area contributed by atoms with Crippen molar-refractivity contribution in [2.24, 2.45) is 5.92 Å². The summed E-state index contributed by atoms with van der Waals surface area (Å²) in [6.45, 7) is 8.45. The average molecular weight is 459 g/mol. The lowest BCUT2D eigenvalue weighted by Crippen LogP contribution is -2.47. The highest BCUT2D eigenvalue weighted by atomic mass is 32.2. The van der Waals surface area contributed by atoms with E-state index in [9.17, 15) is 9.59 Å². The van der Waals surface area contributed by atoms with Gasteiger partial charge < -0.3 is 10.2 Å². The molecule has 0 spiro atoms. The van der Waals surface area contributed by atoms with Gasteiger partial charge in [0.15, 0.2) is 0 Å². The first-order valence-electron chi connectivity index (χ1n) is 11.3. The number of benzene rings is 3. The molecule has 2 amide bonds. The summed E-state index contributed by atoms with van der Waals surface area (Å²) in [4.78, 5) is 29.7. The smallest absolute Gasteiger partial charge is 0.241 e. The van der Waals surface area contributed by atoms with Crippen molar-refractivity contribution >= 4 is 29.3 Å². The Labute approximate surface area is 200 Å². The third-order valence-electron chi connectivity index (χ3n) is 6.28. The van der Waals surface area contributed by atoms with Gasteiger partial charge in [-0.1, -0.05) is 73.2 Å². The summed E-state index contributed by atoms with van der Waals surface area (Å²) in [5.41, 5.74) is 5.40. The van der Waals surface area contributed by atoms with Gasteiger partial charge in [-0.25, -0.2) is 0 Å². The van der Waals surface area contributed by atoms with Gasteiger partial charge in [0.25, 0.3) is 0 Å². The van der Waals surface area contributed by atoms with E-state index in [1.807, 2.05) is 73.3 Å². The van der Waals surface area contributed by atoms with Crippen molar-refractivity contribution in [1.82, 2.24) is 5.32 Å². The van der Waals surface area contributed by atoms with Gasteiger partial charge in [0.1, 0.15) is 5.25 Å². The molecule has 3 atom stereocenters. The number of carbonyl (C=O) groups is 2. The van der Waals surface area contributed by atoms with Crippen LogP contribution < -0.4 is 10.2 Å². The number of fused-ring (bicyclic) bond motifs is 1. The van der Waals surface area contributed by atoms with Gasteiger partial charge in [-0.05, 0) is 49.6 Å². The standard InChI is InChI=1S/C28H30N2O2S/c1-18-14-15-19(2)23(16-18)17-30-24-12-8-9-13-25(24)33-26(28(30)32)20(3)27(31)29-21(4)22-10-6-5-7-11-22/h5-16,20-21,26H,17H2,1-4H3,(H,29,31)/t20-,21-,26-/m0/s1. The predicted molar refractivity (Wildman–Crippen MR) is 135 cm³/mol. The number of para-hydroxylation sites is 1. The molecule has 0 saturated carbocycles. The van der Waals surface area contributed by atoms with Gasteiger partial charge in [0, 0.05) is 4.90 Å². The first kappa shape index (κ1) is 23.1. The van der Waals surface area contributed by atoms with Crippen LogP contribution in [0.5, 0.6) is 0 Å². The van der Waals surface area contributed by atoms with Crippen LogP contribution in [0.15, 0.2) is 77.7 Å². The number of aryl methyl sites for hydroxylation is 2. The van der Waals surface area contributed by atoms with E-state index in [0.29, 0.717) is 6.54 Å². The van der Waals surface area contributed by atoms with Crippen LogP contribution in [0.1, 0.15) is 42.1 Å². The molecule has 1 aliphatic heterocycles. The van der Waals surface area contributed by atoms with Gasteiger partial charge in [-0.3, -0.25) is 9.59 Å². The van der Waals surface area contributed by atoms with Gasteiger partial charge in [-0.15, -0.1) is 11.8 Å². The fourth-order valence-electron chi connectivity index (χ4n) is 4.17. The van der Waals surface area contributed by atoms with Crippen LogP contribution in [0.25, 0.3) is 0 Å². The van der Waals surface area contributed by atoms with Crippen molar-refractivity contribution in [3.8, 4) is 0 Å². The summed E-state index contributed by atoms with van der Waals surface area (Å²) in [6.07, 6.45) is 0. The summed E-state index contributed by atoms with van der Waals surface area (Å²) < 4.78 is 0. The third kappa shape index (κ3) is 4.98. The minimum Gasteiger partial charge on any atom is -0.349 e. The van der Waals surface area contributed by atoms with Crippen molar-refractivity contribution in [1.29, 1.82) is 0 Å². The Morgan fingerprint density at radius 3 is 2.45 bits per heavy atom. The van der Waals surface area contributed by atoms with E-state index in [-0.39, 0.29) is 17.9 Å². The van der Waals surface area contributed by atoms with E-state index in [4.69, 9.17) is 0 Å². The number of amides is 2. The number of rotatable bonds is 6. The quantitative estimate of drug-likeness (QED) is 0.506. The zero-order chi connectivity index (χ0) is 23.5. The van der Waals surface area contributed by atoms with Gasteiger partial charge in [-0.2, -0.15) is 0 Å². The molecule has 170 valence electrons. The monoisotopic (exact) mass is 458 g/mol. The summed E-state index contributed by atoms with van der Waals surface area (Å²) in [5, 5.41) is 2.62. The van der Waals surface area contributed by atoms with Gasteiger partial charge in [0.05, 0.1) is 24.2 Å². The third-order valence-corrected chi connectivity index (χ3v) is 7.74. The number of nitrogens with one attached hydrogen (secondary N) is 1. The van der Waals surface area contributed by atoms with Crippen LogP contribution in [-0.4, -0.2) is 17.1 Å². The van der Waals surface area contributed by atoms with Crippen LogP contribution >= 0.6 is 11.8 Å². The lowest BCUT2D eigenvalue weighted by atomic mass is 10.0. The van der Waals surface area contributed by atoms with E-state index in [1.165, 1.54) is 17.3 Å². The second kappa shape index (κ2) is 9.84. The zero-order valence-electron chi connectivity index (χ0n) is 19.5. The van der Waals surface area contributed by atoms with Crippen LogP contribution in [-0.2, 0) is 16.1 Å². The molecule has 3 aromatic carbocycles. The molecule has 0 radical (unpaired) electrons. The van der Waals surface area contributed by atoms with E-state index < -0.39 is 11.2 Å². The summed E-state index contributed by atoms with van der Waals surface area (Å²) >= 11 is 1.49. The average Bonchev–Trinajstić information content (AvgIpc) is 2.82. The molecule has 1 N–H and O–H groups in total. The zero-order valence-corrected chi connectivity index (χ0v) is 20.4. The first-order chi connectivity index (χ1) is 15.8. The van der Waals surface area contributed by atoms with Crippen molar-refractivity contribution < 1.29 is 9.59 Å². The fourth-order valence-corrected chi connectivity index (χ4v) is 5.45. The number of anilines is 1. The number of carbonyl (C=O) groups excluding carboxylic acids is 2. The van der Waals surface area contributed by atoms with Crippen molar-refractivity contribution in [3.05, 3.63) is 95.1 Å². The lowest BCUT2D eigenvalue weighted by molar-refractivity contribution is -0.128. The van der Waals surface area contributed by atoms with E-state index in [2.05, 4.69) is 37.4 Å². The number of thioether (sulfide) groups is 1. The highest BCUT2D eigenvalue weighted by Crippen LogP contribution is 2.42. The highest BCUT2D eigenvalue weighted by molar-refractivity contribution is 8.01. The van der Waals surface area contributed by atoms with Crippen LogP contribution in [0.4, 0.5) is 5.69 Å². The molecule has 3 aromatic rings. The number of nitrogens with zero attached hydrogens (tertiary/aromatic N) is 1. The molecule has 0 saturated heterocycles. The summed E-state index contributed by atoms with van der Waals surface area (Å²) in [5.74, 6) is -0.596. The predicted octanol–water partition coefficient (Wildman–Crippen LogP) is 5.82. The molecule has 1 aliphatic rings. The molecule has 4 nitrogen and oxygen atoms in total. The maximum Gasteiger partial charge on any atom is 0.241 e. The molecule has 0 bridgehead atoms. The van der Waals surface area contributed by atoms with E-state index in [0.717, 1.165) is 27.3 Å². The SMILES string of the molecule is Cc1ccc(C)c(CN2C(=O)[C@H]([C@H](C)C(=O)N[C@@H](C)c3ccccc3)Sc3ccccc32)c1. The second-order valence-electron chi connectivity index (χ2n) is 8.79. The molecule has 1 heterocycles. The fraction of sp³-hybridized carbons (Fsp3) is 0.286. The Morgan fingerprint density at radius 1 is 1.00 bits per heavy atom. The van der Waals surface area contributed by atoms with E-state index in [1.54, 1.807) is 0 Å². The van der Waals surface area contributed by atoms with Crippen molar-refractivity contribution in [3.63, 3.8) is 0 Å². The lowest BCUT2D eigenvalue weighted by Gasteiger charge is -2.36. The largest absolute Gasteiger partial charge is 0.349 e. The molecule has 0 aromatic heterocycles. The first-order valence-corrected chi connectivity index (χ1v) is 12.2. The molecular formula is C28H30N2O2S. The number of hydrogen-bond donors (Lipinski definition) is 1. The molecule has 0 aliphatic carbocycles. The van der Waals surface area contributed by atoms with Gasteiger partial charge in [0.2, 0.25) is 11.8 Å². The Morgan fingerprint density at radius 2 is 1.70 bits per heavy atom. The maximum absolute atomic E-state index is 13.7. The Balaban J connectivity index is 1.58. The summed E-state index contributed by atoms with van der Waals surface area (Å²) in [6, 6.07) is 24.0. The molecule has 33 heavy (non-hydrogen) atoms. The Kier molecular flexibility index (Phi) is 6.89. The van der Waals surface area contributed by atoms with E-state index >= 15 is 0 Å².